The molecule has 0 spiro atoms. The molecular weight excluding hydrogens is 206 g/mol. The molecule has 0 radical (unpaired) electrons. The molecule has 1 amide bonds. The summed E-state index contributed by atoms with van der Waals surface area (Å²) >= 11 is 0. The van der Waals surface area contributed by atoms with Gasteiger partial charge in [-0.2, -0.15) is 0 Å². The van der Waals surface area contributed by atoms with Gasteiger partial charge in [-0.3, -0.25) is 4.79 Å². The van der Waals surface area contributed by atoms with Crippen molar-refractivity contribution < 1.29 is 4.79 Å². The van der Waals surface area contributed by atoms with Crippen molar-refractivity contribution in [1.29, 1.82) is 0 Å². The molecule has 1 heterocycles. The Morgan fingerprint density at radius 1 is 1.62 bits per heavy atom. The van der Waals surface area contributed by atoms with Gasteiger partial charge in [0.15, 0.2) is 0 Å². The first-order valence-corrected chi connectivity index (χ1v) is 5.21. The Kier molecular flexibility index (Phi) is 2.82. The van der Waals surface area contributed by atoms with E-state index in [2.05, 4.69) is 15.9 Å². The fraction of sp³-hybridized carbons (Fsp3) is 0.455. The highest BCUT2D eigenvalue weighted by Crippen LogP contribution is 2.29. The summed E-state index contributed by atoms with van der Waals surface area (Å²) in [4.78, 5) is 29.3. The third kappa shape index (κ3) is 2.34. The van der Waals surface area contributed by atoms with E-state index in [9.17, 15) is 9.59 Å². The Labute approximate surface area is 92.9 Å². The zero-order valence-corrected chi connectivity index (χ0v) is 8.82. The monoisotopic (exact) mass is 219 g/mol. The highest BCUT2D eigenvalue weighted by Gasteiger charge is 2.27. The lowest BCUT2D eigenvalue weighted by molar-refractivity contribution is 0.0764. The van der Waals surface area contributed by atoms with Crippen molar-refractivity contribution in [2.24, 2.45) is 5.92 Å². The van der Waals surface area contributed by atoms with Crippen molar-refractivity contribution in [3.63, 3.8) is 0 Å². The lowest BCUT2D eigenvalue weighted by atomic mass is 10.3. The molecule has 2 rings (SSSR count). The normalized spacial score (nSPS) is 14.4. The third-order valence-corrected chi connectivity index (χ3v) is 2.57. The maximum absolute atomic E-state index is 12.0. The summed E-state index contributed by atoms with van der Waals surface area (Å²) in [5, 5.41) is 0. The number of H-pyrrole nitrogens is 2. The van der Waals surface area contributed by atoms with E-state index in [4.69, 9.17) is 6.42 Å². The number of amides is 1. The molecule has 1 aromatic rings. The molecule has 1 saturated carbocycles. The zero-order chi connectivity index (χ0) is 11.5. The van der Waals surface area contributed by atoms with Crippen molar-refractivity contribution in [3.05, 3.63) is 22.4 Å². The molecule has 0 saturated heterocycles. The first-order valence-electron chi connectivity index (χ1n) is 5.21. The van der Waals surface area contributed by atoms with Crippen molar-refractivity contribution in [1.82, 2.24) is 14.9 Å². The Hall–Kier alpha value is -1.96. The number of hydrogen-bond donors (Lipinski definition) is 2. The Morgan fingerprint density at radius 3 is 2.88 bits per heavy atom. The highest BCUT2D eigenvalue weighted by molar-refractivity contribution is 5.92. The van der Waals surface area contributed by atoms with E-state index in [1.54, 1.807) is 4.90 Å². The summed E-state index contributed by atoms with van der Waals surface area (Å²) in [5.74, 6) is 2.81. The van der Waals surface area contributed by atoms with Crippen LogP contribution in [0.5, 0.6) is 0 Å². The molecule has 0 unspecified atom stereocenters. The lowest BCUT2D eigenvalue weighted by Gasteiger charge is -2.18. The predicted molar refractivity (Wildman–Crippen MR) is 58.9 cm³/mol. The lowest BCUT2D eigenvalue weighted by Crippen LogP contribution is -2.33. The van der Waals surface area contributed by atoms with E-state index >= 15 is 0 Å². The largest absolute Gasteiger partial charge is 0.326 e. The molecule has 0 aromatic carbocycles. The maximum atomic E-state index is 12.0. The predicted octanol–water partition coefficient (Wildman–Crippen LogP) is 0.188. The number of nitrogens with zero attached hydrogens (tertiary/aromatic N) is 1. The molecule has 1 aliphatic carbocycles. The van der Waals surface area contributed by atoms with Gasteiger partial charge < -0.3 is 14.9 Å². The molecule has 5 nitrogen and oxygen atoms in total. The van der Waals surface area contributed by atoms with E-state index < -0.39 is 0 Å². The molecule has 0 bridgehead atoms. The van der Waals surface area contributed by atoms with Crippen molar-refractivity contribution >= 4 is 5.91 Å². The molecule has 0 atom stereocenters. The van der Waals surface area contributed by atoms with Gasteiger partial charge in [-0.15, -0.1) is 6.42 Å². The third-order valence-electron chi connectivity index (χ3n) is 2.57. The van der Waals surface area contributed by atoms with Crippen molar-refractivity contribution in [2.45, 2.75) is 12.8 Å². The van der Waals surface area contributed by atoms with Gasteiger partial charge in [0.1, 0.15) is 5.69 Å². The maximum Gasteiger partial charge on any atom is 0.323 e. The van der Waals surface area contributed by atoms with Crippen LogP contribution in [0.1, 0.15) is 23.3 Å². The van der Waals surface area contributed by atoms with Gasteiger partial charge in [0.25, 0.3) is 5.91 Å². The number of aromatic nitrogens is 2. The highest BCUT2D eigenvalue weighted by atomic mass is 16.2. The van der Waals surface area contributed by atoms with E-state index in [0.29, 0.717) is 12.5 Å². The van der Waals surface area contributed by atoms with Gasteiger partial charge in [0, 0.05) is 12.7 Å². The van der Waals surface area contributed by atoms with Crippen LogP contribution in [0.4, 0.5) is 0 Å². The average molecular weight is 219 g/mol. The average Bonchev–Trinajstić information content (AvgIpc) is 2.97. The SMILES string of the molecule is C#CCN(CC1CC1)C(=O)c1c[nH]c(=O)[nH]1. The van der Waals surface area contributed by atoms with Gasteiger partial charge in [-0.25, -0.2) is 4.79 Å². The fourth-order valence-corrected chi connectivity index (χ4v) is 1.56. The van der Waals surface area contributed by atoms with E-state index in [0.717, 1.165) is 12.8 Å². The second-order valence-electron chi connectivity index (χ2n) is 3.99. The van der Waals surface area contributed by atoms with Crippen molar-refractivity contribution in [3.8, 4) is 12.3 Å². The topological polar surface area (TPSA) is 69.0 Å². The number of terminal acetylenes is 1. The number of hydrogen-bond acceptors (Lipinski definition) is 2. The Balaban J connectivity index is 2.09. The van der Waals surface area contributed by atoms with Crippen LogP contribution in [-0.2, 0) is 0 Å². The van der Waals surface area contributed by atoms with Crippen LogP contribution in [-0.4, -0.2) is 33.9 Å². The molecule has 2 N–H and O–H groups in total. The summed E-state index contributed by atoms with van der Waals surface area (Å²) in [7, 11) is 0. The molecule has 1 fully saturated rings. The number of carbonyl (C=O) groups excluding carboxylic acids is 1. The fourth-order valence-electron chi connectivity index (χ4n) is 1.56. The summed E-state index contributed by atoms with van der Waals surface area (Å²) in [6, 6.07) is 0. The van der Waals surface area contributed by atoms with Crippen LogP contribution in [0.15, 0.2) is 11.0 Å². The summed E-state index contributed by atoms with van der Waals surface area (Å²) < 4.78 is 0. The second kappa shape index (κ2) is 4.27. The van der Waals surface area contributed by atoms with Gasteiger partial charge in [-0.1, -0.05) is 5.92 Å². The van der Waals surface area contributed by atoms with Crippen LogP contribution in [0.2, 0.25) is 0 Å². The quantitative estimate of drug-likeness (QED) is 0.710. The second-order valence-corrected chi connectivity index (χ2v) is 3.99. The number of aromatic amines is 2. The Bertz CT molecular complexity index is 476. The van der Waals surface area contributed by atoms with Crippen LogP contribution in [0.25, 0.3) is 0 Å². The van der Waals surface area contributed by atoms with Crippen LogP contribution < -0.4 is 5.69 Å². The standard InChI is InChI=1S/C11H13N3O2/c1-2-5-14(7-8-3-4-8)10(15)9-6-12-11(16)13-9/h1,6,8H,3-5,7H2,(H2,12,13,16). The summed E-state index contributed by atoms with van der Waals surface area (Å²) in [6.45, 7) is 0.957. The van der Waals surface area contributed by atoms with E-state index in [1.807, 2.05) is 0 Å². The molecule has 84 valence electrons. The van der Waals surface area contributed by atoms with Crippen LogP contribution in [0, 0.1) is 18.3 Å². The number of imidazole rings is 1. The molecule has 1 aliphatic rings. The molecule has 5 heteroatoms. The van der Waals surface area contributed by atoms with Gasteiger partial charge in [-0.05, 0) is 18.8 Å². The zero-order valence-electron chi connectivity index (χ0n) is 8.82. The minimum absolute atomic E-state index is 0.219. The Morgan fingerprint density at radius 2 is 2.38 bits per heavy atom. The minimum atomic E-state index is -0.379. The van der Waals surface area contributed by atoms with Crippen LogP contribution in [0.3, 0.4) is 0 Å². The van der Waals surface area contributed by atoms with Crippen molar-refractivity contribution in [2.75, 3.05) is 13.1 Å². The molecule has 16 heavy (non-hydrogen) atoms. The summed E-state index contributed by atoms with van der Waals surface area (Å²) in [6.07, 6.45) is 8.90. The summed E-state index contributed by atoms with van der Waals surface area (Å²) in [5.41, 5.74) is -0.115. The molecular formula is C11H13N3O2. The van der Waals surface area contributed by atoms with E-state index in [-0.39, 0.29) is 23.8 Å². The number of carbonyl (C=O) groups is 1. The first kappa shape index (κ1) is 10.6. The minimum Gasteiger partial charge on any atom is -0.326 e. The van der Waals surface area contributed by atoms with Gasteiger partial charge in [0.2, 0.25) is 0 Å². The van der Waals surface area contributed by atoms with Crippen LogP contribution >= 0.6 is 0 Å². The number of nitrogens with one attached hydrogen (secondary N) is 2. The first-order chi connectivity index (χ1) is 7.70. The smallest absolute Gasteiger partial charge is 0.323 e. The van der Waals surface area contributed by atoms with Gasteiger partial charge >= 0.3 is 5.69 Å². The molecule has 0 aliphatic heterocycles. The molecule has 1 aromatic heterocycles. The number of rotatable bonds is 4. The van der Waals surface area contributed by atoms with Gasteiger partial charge in [0.05, 0.1) is 6.54 Å². The van der Waals surface area contributed by atoms with E-state index in [1.165, 1.54) is 6.20 Å².